The van der Waals surface area contributed by atoms with Gasteiger partial charge < -0.3 is 14.4 Å². The zero-order chi connectivity index (χ0) is 18.8. The number of amides is 1. The van der Waals surface area contributed by atoms with Crippen LogP contribution in [0.5, 0.6) is 11.5 Å². The third-order valence-corrected chi connectivity index (χ3v) is 3.75. The van der Waals surface area contributed by atoms with Crippen LogP contribution in [-0.2, 0) is 4.79 Å². The van der Waals surface area contributed by atoms with Gasteiger partial charge in [-0.2, -0.15) is 5.26 Å². The Kier molecular flexibility index (Phi) is 7.50. The summed E-state index contributed by atoms with van der Waals surface area (Å²) in [6, 6.07) is 16.9. The van der Waals surface area contributed by atoms with Crippen LogP contribution in [0.15, 0.2) is 48.5 Å². The van der Waals surface area contributed by atoms with E-state index in [1.54, 1.807) is 17.0 Å². The molecule has 0 N–H and O–H groups in total. The maximum Gasteiger partial charge on any atom is 0.264 e. The molecule has 26 heavy (non-hydrogen) atoms. The fourth-order valence-corrected chi connectivity index (χ4v) is 2.36. The van der Waals surface area contributed by atoms with E-state index < -0.39 is 0 Å². The Morgan fingerprint density at radius 1 is 1.04 bits per heavy atom. The Bertz CT molecular complexity index is 733. The molecule has 0 spiro atoms. The van der Waals surface area contributed by atoms with Crippen LogP contribution in [0, 0.1) is 18.3 Å². The third kappa shape index (κ3) is 5.82. The molecule has 0 bridgehead atoms. The van der Waals surface area contributed by atoms with Crippen molar-refractivity contribution in [3.05, 3.63) is 54.1 Å². The number of carbonyl (C=O) groups excluding carboxylic acids is 1. The van der Waals surface area contributed by atoms with Crippen molar-refractivity contribution in [1.82, 2.24) is 0 Å². The van der Waals surface area contributed by atoms with E-state index in [9.17, 15) is 4.79 Å². The molecule has 0 fully saturated rings. The first-order valence-corrected chi connectivity index (χ1v) is 8.73. The highest BCUT2D eigenvalue weighted by atomic mass is 16.5. The lowest BCUT2D eigenvalue weighted by atomic mass is 10.2. The Balaban J connectivity index is 1.98. The monoisotopic (exact) mass is 352 g/mol. The summed E-state index contributed by atoms with van der Waals surface area (Å²) in [6.07, 6.45) is 1.22. The molecule has 0 aliphatic rings. The molecule has 0 heterocycles. The second-order valence-electron chi connectivity index (χ2n) is 5.90. The topological polar surface area (TPSA) is 62.6 Å². The predicted molar refractivity (Wildman–Crippen MR) is 101 cm³/mol. The minimum absolute atomic E-state index is 0.0888. The third-order valence-electron chi connectivity index (χ3n) is 3.75. The average molecular weight is 352 g/mol. The van der Waals surface area contributed by atoms with Gasteiger partial charge in [0.25, 0.3) is 5.91 Å². The smallest absolute Gasteiger partial charge is 0.264 e. The van der Waals surface area contributed by atoms with Gasteiger partial charge >= 0.3 is 0 Å². The first kappa shape index (κ1) is 19.3. The molecule has 5 nitrogen and oxygen atoms in total. The van der Waals surface area contributed by atoms with Crippen molar-refractivity contribution >= 4 is 11.6 Å². The quantitative estimate of drug-likeness (QED) is 0.681. The standard InChI is InChI=1S/C21H24N2O3/c1-3-15-25-19-9-11-20(12-10-19)26-16-21(24)23(14-4-13-22)18-7-5-17(2)6-8-18/h5-12H,3-4,14-16H2,1-2H3. The molecular weight excluding hydrogens is 328 g/mol. The first-order chi connectivity index (χ1) is 12.6. The second kappa shape index (κ2) is 10.1. The molecule has 0 aliphatic heterocycles. The molecule has 0 saturated carbocycles. The summed E-state index contributed by atoms with van der Waals surface area (Å²) >= 11 is 0. The molecule has 0 saturated heterocycles. The van der Waals surface area contributed by atoms with Crippen LogP contribution in [0.25, 0.3) is 0 Å². The van der Waals surface area contributed by atoms with E-state index in [0.717, 1.165) is 23.4 Å². The zero-order valence-electron chi connectivity index (χ0n) is 15.3. The van der Waals surface area contributed by atoms with E-state index >= 15 is 0 Å². The minimum atomic E-state index is -0.185. The molecule has 5 heteroatoms. The Morgan fingerprint density at radius 3 is 2.23 bits per heavy atom. The van der Waals surface area contributed by atoms with Crippen LogP contribution < -0.4 is 14.4 Å². The fraction of sp³-hybridized carbons (Fsp3) is 0.333. The molecule has 0 unspecified atom stereocenters. The number of nitrogens with zero attached hydrogens (tertiary/aromatic N) is 2. The molecular formula is C21H24N2O3. The summed E-state index contributed by atoms with van der Waals surface area (Å²) < 4.78 is 11.1. The van der Waals surface area contributed by atoms with Gasteiger partial charge in [-0.1, -0.05) is 24.6 Å². The van der Waals surface area contributed by atoms with E-state index in [1.165, 1.54) is 0 Å². The maximum absolute atomic E-state index is 12.6. The summed E-state index contributed by atoms with van der Waals surface area (Å²) in [7, 11) is 0. The molecule has 0 atom stereocenters. The molecule has 2 aromatic carbocycles. The van der Waals surface area contributed by atoms with E-state index in [0.29, 0.717) is 18.9 Å². The van der Waals surface area contributed by atoms with Crippen LogP contribution in [0.2, 0.25) is 0 Å². The van der Waals surface area contributed by atoms with Gasteiger partial charge in [-0.15, -0.1) is 0 Å². The average Bonchev–Trinajstić information content (AvgIpc) is 2.67. The van der Waals surface area contributed by atoms with Gasteiger partial charge in [0.15, 0.2) is 6.61 Å². The van der Waals surface area contributed by atoms with E-state index in [1.807, 2.05) is 43.3 Å². The van der Waals surface area contributed by atoms with Crippen molar-refractivity contribution in [3.63, 3.8) is 0 Å². The lowest BCUT2D eigenvalue weighted by Gasteiger charge is -2.22. The number of rotatable bonds is 9. The molecule has 2 aromatic rings. The highest BCUT2D eigenvalue weighted by Crippen LogP contribution is 2.19. The van der Waals surface area contributed by atoms with Gasteiger partial charge in [-0.05, 0) is 49.7 Å². The first-order valence-electron chi connectivity index (χ1n) is 8.73. The zero-order valence-corrected chi connectivity index (χ0v) is 15.3. The van der Waals surface area contributed by atoms with E-state index in [-0.39, 0.29) is 18.9 Å². The van der Waals surface area contributed by atoms with Crippen molar-refractivity contribution in [2.75, 3.05) is 24.7 Å². The van der Waals surface area contributed by atoms with Crippen LogP contribution in [0.4, 0.5) is 5.69 Å². The number of benzene rings is 2. The summed E-state index contributed by atoms with van der Waals surface area (Å²) in [5.41, 5.74) is 1.88. The van der Waals surface area contributed by atoms with Gasteiger partial charge in [-0.3, -0.25) is 4.79 Å². The van der Waals surface area contributed by atoms with E-state index in [2.05, 4.69) is 13.0 Å². The SMILES string of the molecule is CCCOc1ccc(OCC(=O)N(CCC#N)c2ccc(C)cc2)cc1. The molecule has 0 radical (unpaired) electrons. The van der Waals surface area contributed by atoms with Gasteiger partial charge in [0.1, 0.15) is 11.5 Å². The minimum Gasteiger partial charge on any atom is -0.494 e. The number of aryl methyl sites for hydroxylation is 1. The van der Waals surface area contributed by atoms with Crippen LogP contribution in [0.3, 0.4) is 0 Å². The van der Waals surface area contributed by atoms with Gasteiger partial charge in [0, 0.05) is 12.2 Å². The molecule has 0 aromatic heterocycles. The second-order valence-corrected chi connectivity index (χ2v) is 5.90. The number of hydrogen-bond donors (Lipinski definition) is 0. The van der Waals surface area contributed by atoms with Crippen molar-refractivity contribution in [3.8, 4) is 17.6 Å². The van der Waals surface area contributed by atoms with E-state index in [4.69, 9.17) is 14.7 Å². The predicted octanol–water partition coefficient (Wildman–Crippen LogP) is 4.11. The summed E-state index contributed by atoms with van der Waals surface area (Å²) in [4.78, 5) is 14.2. The van der Waals surface area contributed by atoms with Gasteiger partial charge in [0.05, 0.1) is 19.1 Å². The fourth-order valence-electron chi connectivity index (χ4n) is 2.36. The van der Waals surface area contributed by atoms with Gasteiger partial charge in [-0.25, -0.2) is 0 Å². The Morgan fingerprint density at radius 2 is 1.65 bits per heavy atom. The Labute approximate surface area is 154 Å². The summed E-state index contributed by atoms with van der Waals surface area (Å²) in [6.45, 7) is 4.96. The lowest BCUT2D eigenvalue weighted by molar-refractivity contribution is -0.120. The number of ether oxygens (including phenoxy) is 2. The van der Waals surface area contributed by atoms with Crippen molar-refractivity contribution in [1.29, 1.82) is 5.26 Å². The molecule has 136 valence electrons. The highest BCUT2D eigenvalue weighted by Gasteiger charge is 2.16. The van der Waals surface area contributed by atoms with Gasteiger partial charge in [0.2, 0.25) is 0 Å². The summed E-state index contributed by atoms with van der Waals surface area (Å²) in [5.74, 6) is 1.20. The largest absolute Gasteiger partial charge is 0.494 e. The maximum atomic E-state index is 12.6. The highest BCUT2D eigenvalue weighted by molar-refractivity contribution is 5.94. The number of hydrogen-bond acceptors (Lipinski definition) is 4. The molecule has 0 aliphatic carbocycles. The normalized spacial score (nSPS) is 10.0. The van der Waals surface area contributed by atoms with Crippen LogP contribution in [-0.4, -0.2) is 25.7 Å². The number of nitriles is 1. The number of anilines is 1. The molecule has 1 amide bonds. The van der Waals surface area contributed by atoms with Crippen molar-refractivity contribution in [2.45, 2.75) is 26.7 Å². The number of carbonyl (C=O) groups is 1. The molecule has 2 rings (SSSR count). The lowest BCUT2D eigenvalue weighted by Crippen LogP contribution is -2.35. The van der Waals surface area contributed by atoms with Crippen LogP contribution in [0.1, 0.15) is 25.3 Å². The Hall–Kier alpha value is -3.00. The van der Waals surface area contributed by atoms with Crippen molar-refractivity contribution in [2.24, 2.45) is 0 Å². The summed E-state index contributed by atoms with van der Waals surface area (Å²) in [5, 5.41) is 8.85. The van der Waals surface area contributed by atoms with Crippen molar-refractivity contribution < 1.29 is 14.3 Å². The van der Waals surface area contributed by atoms with Crippen LogP contribution >= 0.6 is 0 Å².